The molecule has 1 N–H and O–H groups in total. The van der Waals surface area contributed by atoms with Crippen molar-refractivity contribution in [2.45, 2.75) is 39.0 Å². The molecule has 140 valence electrons. The van der Waals surface area contributed by atoms with E-state index in [9.17, 15) is 9.90 Å². The molecule has 1 unspecified atom stereocenters. The number of aliphatic hydroxyl groups excluding tert-OH is 1. The standard InChI is InChI=1S/C20H22N4O3/c1-2-17-18(21-13-27-17)20(26)23-9-6-10-24-15(12-23)11-16(22-24)19(25)14-7-4-3-5-8-14/h3-5,7-8,11,13,19,25H,2,6,9-10,12H2,1H3. The molecule has 0 bridgehead atoms. The summed E-state index contributed by atoms with van der Waals surface area (Å²) in [5.74, 6) is 0.485. The molecule has 3 aromatic rings. The molecular weight excluding hydrogens is 344 g/mol. The minimum atomic E-state index is -0.781. The zero-order chi connectivity index (χ0) is 18.8. The van der Waals surface area contributed by atoms with Gasteiger partial charge in [-0.15, -0.1) is 0 Å². The minimum Gasteiger partial charge on any atom is -0.448 e. The lowest BCUT2D eigenvalue weighted by molar-refractivity contribution is 0.0738. The second-order valence-corrected chi connectivity index (χ2v) is 6.65. The van der Waals surface area contributed by atoms with E-state index in [4.69, 9.17) is 4.42 Å². The van der Waals surface area contributed by atoms with Gasteiger partial charge >= 0.3 is 0 Å². The summed E-state index contributed by atoms with van der Waals surface area (Å²) in [5, 5.41) is 15.2. The highest BCUT2D eigenvalue weighted by atomic mass is 16.3. The lowest BCUT2D eigenvalue weighted by Crippen LogP contribution is -2.31. The summed E-state index contributed by atoms with van der Waals surface area (Å²) in [7, 11) is 0. The van der Waals surface area contributed by atoms with Gasteiger partial charge < -0.3 is 14.4 Å². The fraction of sp³-hybridized carbons (Fsp3) is 0.350. The molecule has 1 amide bonds. The van der Waals surface area contributed by atoms with Gasteiger partial charge in [-0.25, -0.2) is 4.98 Å². The van der Waals surface area contributed by atoms with Crippen molar-refractivity contribution in [1.82, 2.24) is 19.7 Å². The lowest BCUT2D eigenvalue weighted by Gasteiger charge is -2.19. The molecule has 27 heavy (non-hydrogen) atoms. The molecule has 7 nitrogen and oxygen atoms in total. The van der Waals surface area contributed by atoms with E-state index in [2.05, 4.69) is 10.1 Å². The summed E-state index contributed by atoms with van der Waals surface area (Å²) in [4.78, 5) is 18.8. The fourth-order valence-corrected chi connectivity index (χ4v) is 3.44. The third-order valence-electron chi connectivity index (χ3n) is 4.88. The Morgan fingerprint density at radius 2 is 2.11 bits per heavy atom. The van der Waals surface area contributed by atoms with Gasteiger partial charge in [0.05, 0.1) is 17.9 Å². The van der Waals surface area contributed by atoms with Gasteiger partial charge in [0.15, 0.2) is 12.1 Å². The van der Waals surface area contributed by atoms with E-state index in [0.717, 1.165) is 17.7 Å². The first-order valence-corrected chi connectivity index (χ1v) is 9.18. The monoisotopic (exact) mass is 366 g/mol. The molecule has 4 rings (SSSR count). The number of benzene rings is 1. The van der Waals surface area contributed by atoms with Crippen LogP contribution in [0.3, 0.4) is 0 Å². The maximum absolute atomic E-state index is 12.9. The number of fused-ring (bicyclic) bond motifs is 1. The Balaban J connectivity index is 1.57. The van der Waals surface area contributed by atoms with Crippen LogP contribution in [0.5, 0.6) is 0 Å². The van der Waals surface area contributed by atoms with Gasteiger partial charge in [0.25, 0.3) is 5.91 Å². The van der Waals surface area contributed by atoms with Crippen LogP contribution in [-0.4, -0.2) is 37.2 Å². The number of hydrogen-bond donors (Lipinski definition) is 1. The van der Waals surface area contributed by atoms with Crippen molar-refractivity contribution in [2.24, 2.45) is 0 Å². The van der Waals surface area contributed by atoms with Gasteiger partial charge in [0, 0.05) is 19.5 Å². The fourth-order valence-electron chi connectivity index (χ4n) is 3.44. The average molecular weight is 366 g/mol. The molecule has 0 aliphatic carbocycles. The summed E-state index contributed by atoms with van der Waals surface area (Å²) >= 11 is 0. The third-order valence-corrected chi connectivity index (χ3v) is 4.88. The summed E-state index contributed by atoms with van der Waals surface area (Å²) in [6.07, 6.45) is 1.96. The Labute approximate surface area is 157 Å². The average Bonchev–Trinajstić information content (AvgIpc) is 3.29. The van der Waals surface area contributed by atoms with Crippen molar-refractivity contribution in [1.29, 1.82) is 0 Å². The number of nitrogens with zero attached hydrogens (tertiary/aromatic N) is 4. The molecule has 1 aromatic carbocycles. The van der Waals surface area contributed by atoms with E-state index in [1.54, 1.807) is 4.90 Å². The first-order valence-electron chi connectivity index (χ1n) is 9.18. The number of aryl methyl sites for hydroxylation is 2. The Kier molecular flexibility index (Phi) is 4.77. The second kappa shape index (κ2) is 7.36. The molecule has 1 atom stereocenters. The molecule has 0 saturated heterocycles. The van der Waals surface area contributed by atoms with Crippen LogP contribution in [0.1, 0.15) is 52.6 Å². The van der Waals surface area contributed by atoms with Gasteiger partial charge in [0.1, 0.15) is 11.9 Å². The summed E-state index contributed by atoms with van der Waals surface area (Å²) < 4.78 is 7.19. The molecule has 1 aliphatic heterocycles. The molecule has 2 aromatic heterocycles. The lowest BCUT2D eigenvalue weighted by atomic mass is 10.1. The van der Waals surface area contributed by atoms with Gasteiger partial charge in [0.2, 0.25) is 0 Å². The number of carbonyl (C=O) groups is 1. The van der Waals surface area contributed by atoms with Gasteiger partial charge in [-0.3, -0.25) is 9.48 Å². The molecule has 7 heteroatoms. The highest BCUT2D eigenvalue weighted by Crippen LogP contribution is 2.24. The third kappa shape index (κ3) is 3.38. The largest absolute Gasteiger partial charge is 0.448 e. The van der Waals surface area contributed by atoms with Crippen molar-refractivity contribution in [3.63, 3.8) is 0 Å². The van der Waals surface area contributed by atoms with Crippen molar-refractivity contribution < 1.29 is 14.3 Å². The minimum absolute atomic E-state index is 0.125. The van der Waals surface area contributed by atoms with Crippen LogP contribution >= 0.6 is 0 Å². The number of aliphatic hydroxyl groups is 1. The van der Waals surface area contributed by atoms with Crippen LogP contribution in [0.4, 0.5) is 0 Å². The highest BCUT2D eigenvalue weighted by Gasteiger charge is 2.26. The van der Waals surface area contributed by atoms with Crippen molar-refractivity contribution in [3.8, 4) is 0 Å². The first-order chi connectivity index (χ1) is 13.2. The number of carbonyl (C=O) groups excluding carboxylic acids is 1. The quantitative estimate of drug-likeness (QED) is 0.767. The van der Waals surface area contributed by atoms with Crippen LogP contribution in [-0.2, 0) is 19.5 Å². The number of amides is 1. The number of hydrogen-bond acceptors (Lipinski definition) is 5. The van der Waals surface area contributed by atoms with E-state index in [1.807, 2.05) is 48.0 Å². The van der Waals surface area contributed by atoms with Crippen molar-refractivity contribution in [3.05, 3.63) is 71.2 Å². The van der Waals surface area contributed by atoms with Gasteiger partial charge in [-0.1, -0.05) is 37.3 Å². The number of aromatic nitrogens is 3. The maximum atomic E-state index is 12.9. The van der Waals surface area contributed by atoms with E-state index in [0.29, 0.717) is 43.2 Å². The van der Waals surface area contributed by atoms with Crippen LogP contribution in [0, 0.1) is 0 Å². The predicted octanol–water partition coefficient (Wildman–Crippen LogP) is 2.56. The molecule has 0 saturated carbocycles. The molecule has 1 aliphatic rings. The van der Waals surface area contributed by atoms with E-state index in [1.165, 1.54) is 6.39 Å². The van der Waals surface area contributed by atoms with Crippen LogP contribution < -0.4 is 0 Å². The van der Waals surface area contributed by atoms with Crippen LogP contribution in [0.15, 0.2) is 47.2 Å². The maximum Gasteiger partial charge on any atom is 0.276 e. The molecule has 0 fully saturated rings. The number of rotatable bonds is 4. The predicted molar refractivity (Wildman–Crippen MR) is 98.0 cm³/mol. The van der Waals surface area contributed by atoms with E-state index >= 15 is 0 Å². The summed E-state index contributed by atoms with van der Waals surface area (Å²) in [5.41, 5.74) is 2.69. The second-order valence-electron chi connectivity index (χ2n) is 6.65. The Morgan fingerprint density at radius 3 is 2.89 bits per heavy atom. The Morgan fingerprint density at radius 1 is 1.30 bits per heavy atom. The van der Waals surface area contributed by atoms with Gasteiger partial charge in [-0.2, -0.15) is 5.10 Å². The first kappa shape index (κ1) is 17.5. The molecule has 0 spiro atoms. The van der Waals surface area contributed by atoms with Crippen LogP contribution in [0.2, 0.25) is 0 Å². The topological polar surface area (TPSA) is 84.4 Å². The van der Waals surface area contributed by atoms with E-state index < -0.39 is 6.10 Å². The highest BCUT2D eigenvalue weighted by molar-refractivity contribution is 5.93. The summed E-state index contributed by atoms with van der Waals surface area (Å²) in [6, 6.07) is 11.3. The Hall–Kier alpha value is -2.93. The van der Waals surface area contributed by atoms with Crippen LogP contribution in [0.25, 0.3) is 0 Å². The van der Waals surface area contributed by atoms with Gasteiger partial charge in [-0.05, 0) is 18.1 Å². The molecular formula is C20H22N4O3. The Bertz CT molecular complexity index is 932. The number of oxazole rings is 1. The summed E-state index contributed by atoms with van der Waals surface area (Å²) in [6.45, 7) is 3.71. The van der Waals surface area contributed by atoms with E-state index in [-0.39, 0.29) is 5.91 Å². The smallest absolute Gasteiger partial charge is 0.276 e. The van der Waals surface area contributed by atoms with Crippen molar-refractivity contribution >= 4 is 5.91 Å². The molecule has 0 radical (unpaired) electrons. The van der Waals surface area contributed by atoms with Crippen molar-refractivity contribution in [2.75, 3.05) is 6.54 Å². The SMILES string of the molecule is CCc1ocnc1C(=O)N1CCCn2nc(C(O)c3ccccc3)cc2C1. The molecule has 3 heterocycles. The zero-order valence-electron chi connectivity index (χ0n) is 15.2. The zero-order valence-corrected chi connectivity index (χ0v) is 15.2. The normalized spacial score (nSPS) is 15.3.